The van der Waals surface area contributed by atoms with Gasteiger partial charge in [0.05, 0.1) is 41.3 Å². The van der Waals surface area contributed by atoms with Crippen molar-refractivity contribution >= 4 is 34.3 Å². The Morgan fingerprint density at radius 1 is 1.14 bits per heavy atom. The Morgan fingerprint density at radius 3 is 2.62 bits per heavy atom. The fraction of sp³-hybridized carbons (Fsp3) is 0.214. The van der Waals surface area contributed by atoms with Crippen molar-refractivity contribution in [3.63, 3.8) is 0 Å². The van der Waals surface area contributed by atoms with Crippen LogP contribution >= 0.6 is 0 Å². The molecule has 1 amide bonds. The van der Waals surface area contributed by atoms with E-state index in [0.29, 0.717) is 22.6 Å². The number of aromatic nitrogens is 2. The number of halogens is 1. The standard InChI is InChI=1S/C28H26FN5O3/c1-17-4-5-18(2)25(12-17)34(11-10-27(35)36)28(37)20-7-9-24-23(14-20)32-26(33(24)3)16-31-22-8-6-19(15-30)13-21(22)29/h4-9,12-14,31H,10-11,16H2,1-3H3,(H,35,36). The van der Waals surface area contributed by atoms with Gasteiger partial charge < -0.3 is 19.9 Å². The Labute approximate surface area is 213 Å². The minimum absolute atomic E-state index is 0.0318. The minimum atomic E-state index is -0.987. The highest BCUT2D eigenvalue weighted by molar-refractivity contribution is 6.08. The predicted octanol–water partition coefficient (Wildman–Crippen LogP) is 4.93. The normalized spacial score (nSPS) is 10.8. The summed E-state index contributed by atoms with van der Waals surface area (Å²) in [6.45, 7) is 4.06. The van der Waals surface area contributed by atoms with Crippen LogP contribution in [0, 0.1) is 31.0 Å². The summed E-state index contributed by atoms with van der Waals surface area (Å²) in [5, 5.41) is 21.2. The third kappa shape index (κ3) is 5.43. The van der Waals surface area contributed by atoms with Crippen LogP contribution in [0.5, 0.6) is 0 Å². The molecule has 8 nitrogen and oxygen atoms in total. The lowest BCUT2D eigenvalue weighted by Crippen LogP contribution is -2.33. The molecule has 9 heteroatoms. The number of aryl methyl sites for hydroxylation is 3. The summed E-state index contributed by atoms with van der Waals surface area (Å²) in [5.74, 6) is -1.21. The molecule has 1 aromatic heterocycles. The van der Waals surface area contributed by atoms with Gasteiger partial charge in [-0.25, -0.2) is 9.37 Å². The molecule has 4 rings (SSSR count). The highest BCUT2D eigenvalue weighted by Crippen LogP contribution is 2.26. The highest BCUT2D eigenvalue weighted by Gasteiger charge is 2.22. The van der Waals surface area contributed by atoms with Crippen LogP contribution < -0.4 is 10.2 Å². The van der Waals surface area contributed by atoms with E-state index in [1.807, 2.05) is 49.7 Å². The number of hydrogen-bond donors (Lipinski definition) is 2. The molecule has 37 heavy (non-hydrogen) atoms. The monoisotopic (exact) mass is 499 g/mol. The number of nitriles is 1. The van der Waals surface area contributed by atoms with Crippen LogP contribution in [-0.4, -0.2) is 33.1 Å². The molecule has 3 aromatic carbocycles. The Bertz CT molecular complexity index is 1550. The van der Waals surface area contributed by atoms with E-state index in [9.17, 15) is 19.1 Å². The average Bonchev–Trinajstić information content (AvgIpc) is 3.19. The van der Waals surface area contributed by atoms with Gasteiger partial charge in [0.1, 0.15) is 11.6 Å². The number of carboxylic acids is 1. The molecule has 0 aliphatic rings. The first-order valence-corrected chi connectivity index (χ1v) is 11.7. The SMILES string of the molecule is Cc1ccc(C)c(N(CCC(=O)O)C(=O)c2ccc3c(c2)nc(CNc2ccc(C#N)cc2F)n3C)c1. The number of carbonyl (C=O) groups excluding carboxylic acids is 1. The fourth-order valence-corrected chi connectivity index (χ4v) is 4.15. The first-order chi connectivity index (χ1) is 17.7. The molecule has 4 aromatic rings. The predicted molar refractivity (Wildman–Crippen MR) is 139 cm³/mol. The van der Waals surface area contributed by atoms with E-state index in [2.05, 4.69) is 10.3 Å². The summed E-state index contributed by atoms with van der Waals surface area (Å²) >= 11 is 0. The van der Waals surface area contributed by atoms with Crippen molar-refractivity contribution in [2.24, 2.45) is 7.05 Å². The maximum atomic E-state index is 14.2. The number of anilines is 2. The van der Waals surface area contributed by atoms with Crippen LogP contribution in [0.25, 0.3) is 11.0 Å². The van der Waals surface area contributed by atoms with Crippen molar-refractivity contribution in [3.05, 3.63) is 88.5 Å². The van der Waals surface area contributed by atoms with Gasteiger partial charge in [0.25, 0.3) is 5.91 Å². The van der Waals surface area contributed by atoms with E-state index in [0.717, 1.165) is 16.6 Å². The third-order valence-electron chi connectivity index (χ3n) is 6.21. The van der Waals surface area contributed by atoms with Gasteiger partial charge in [-0.2, -0.15) is 5.26 Å². The van der Waals surface area contributed by atoms with Crippen LogP contribution in [-0.2, 0) is 18.4 Å². The Kier molecular flexibility index (Phi) is 7.20. The largest absolute Gasteiger partial charge is 0.481 e. The Balaban J connectivity index is 1.62. The number of nitrogens with one attached hydrogen (secondary N) is 1. The van der Waals surface area contributed by atoms with Crippen LogP contribution in [0.1, 0.15) is 39.3 Å². The van der Waals surface area contributed by atoms with E-state index in [1.54, 1.807) is 18.2 Å². The summed E-state index contributed by atoms with van der Waals surface area (Å²) in [6.07, 6.45) is -0.188. The van der Waals surface area contributed by atoms with Gasteiger partial charge in [-0.05, 0) is 67.4 Å². The minimum Gasteiger partial charge on any atom is -0.481 e. The van der Waals surface area contributed by atoms with Crippen LogP contribution in [0.3, 0.4) is 0 Å². The Hall–Kier alpha value is -4.71. The van der Waals surface area contributed by atoms with Gasteiger partial charge in [0, 0.05) is 24.8 Å². The number of rotatable bonds is 8. The molecule has 0 spiro atoms. The number of nitrogens with zero attached hydrogens (tertiary/aromatic N) is 4. The second-order valence-corrected chi connectivity index (χ2v) is 8.84. The molecule has 0 saturated carbocycles. The van der Waals surface area contributed by atoms with Gasteiger partial charge >= 0.3 is 5.97 Å². The Morgan fingerprint density at radius 2 is 1.92 bits per heavy atom. The van der Waals surface area contributed by atoms with Gasteiger partial charge in [-0.15, -0.1) is 0 Å². The van der Waals surface area contributed by atoms with Gasteiger partial charge in [-0.1, -0.05) is 12.1 Å². The summed E-state index contributed by atoms with van der Waals surface area (Å²) in [4.78, 5) is 31.0. The number of amides is 1. The van der Waals surface area contributed by atoms with Gasteiger partial charge in [0.2, 0.25) is 0 Å². The van der Waals surface area contributed by atoms with Crippen molar-refractivity contribution in [3.8, 4) is 6.07 Å². The molecule has 0 atom stereocenters. The molecule has 1 heterocycles. The van der Waals surface area contributed by atoms with Gasteiger partial charge in [0.15, 0.2) is 0 Å². The maximum absolute atomic E-state index is 14.2. The first kappa shape index (κ1) is 25.4. The second-order valence-electron chi connectivity index (χ2n) is 8.84. The van der Waals surface area contributed by atoms with Crippen LogP contribution in [0.15, 0.2) is 54.6 Å². The van der Waals surface area contributed by atoms with E-state index in [-0.39, 0.29) is 36.7 Å². The van der Waals surface area contributed by atoms with Crippen molar-refractivity contribution < 1.29 is 19.1 Å². The molecule has 0 saturated heterocycles. The molecule has 0 aliphatic carbocycles. The van der Waals surface area contributed by atoms with E-state index < -0.39 is 11.8 Å². The van der Waals surface area contributed by atoms with E-state index in [4.69, 9.17) is 5.26 Å². The third-order valence-corrected chi connectivity index (χ3v) is 6.21. The lowest BCUT2D eigenvalue weighted by atomic mass is 10.1. The summed E-state index contributed by atoms with van der Waals surface area (Å²) < 4.78 is 16.1. The van der Waals surface area contributed by atoms with Crippen molar-refractivity contribution in [2.45, 2.75) is 26.8 Å². The van der Waals surface area contributed by atoms with Gasteiger partial charge in [-0.3, -0.25) is 9.59 Å². The van der Waals surface area contributed by atoms with Crippen LogP contribution in [0.4, 0.5) is 15.8 Å². The number of benzene rings is 3. The molecule has 0 fully saturated rings. The summed E-state index contributed by atoms with van der Waals surface area (Å²) in [5.41, 5.74) is 4.75. The molecule has 2 N–H and O–H groups in total. The molecular formula is C28H26FN5O3. The lowest BCUT2D eigenvalue weighted by molar-refractivity contribution is -0.136. The van der Waals surface area contributed by atoms with Crippen molar-refractivity contribution in [1.82, 2.24) is 9.55 Å². The zero-order valence-corrected chi connectivity index (χ0v) is 20.7. The number of hydrogen-bond acceptors (Lipinski definition) is 5. The summed E-state index contributed by atoms with van der Waals surface area (Å²) in [7, 11) is 1.83. The molecule has 0 radical (unpaired) electrons. The van der Waals surface area contributed by atoms with E-state index >= 15 is 0 Å². The summed E-state index contributed by atoms with van der Waals surface area (Å²) in [6, 6.07) is 17.0. The average molecular weight is 500 g/mol. The smallest absolute Gasteiger partial charge is 0.305 e. The number of carboxylic acid groups (broad SMARTS) is 1. The number of imidazole rings is 1. The van der Waals surface area contributed by atoms with Crippen molar-refractivity contribution in [2.75, 3.05) is 16.8 Å². The molecule has 0 unspecified atom stereocenters. The molecular weight excluding hydrogens is 473 g/mol. The van der Waals surface area contributed by atoms with Crippen LogP contribution in [0.2, 0.25) is 0 Å². The molecule has 188 valence electrons. The molecule has 0 bridgehead atoms. The first-order valence-electron chi connectivity index (χ1n) is 11.7. The number of carbonyl (C=O) groups is 2. The zero-order chi connectivity index (χ0) is 26.7. The number of aliphatic carboxylic acids is 1. The molecule has 0 aliphatic heterocycles. The number of fused-ring (bicyclic) bond motifs is 1. The maximum Gasteiger partial charge on any atom is 0.305 e. The topological polar surface area (TPSA) is 111 Å². The lowest BCUT2D eigenvalue weighted by Gasteiger charge is -2.24. The zero-order valence-electron chi connectivity index (χ0n) is 20.7. The highest BCUT2D eigenvalue weighted by atomic mass is 19.1. The van der Waals surface area contributed by atoms with Crippen molar-refractivity contribution in [1.29, 1.82) is 5.26 Å². The second kappa shape index (κ2) is 10.5. The van der Waals surface area contributed by atoms with E-state index in [1.165, 1.54) is 23.1 Å². The quantitative estimate of drug-likeness (QED) is 0.355. The fourth-order valence-electron chi connectivity index (χ4n) is 4.15.